The summed E-state index contributed by atoms with van der Waals surface area (Å²) in [5.41, 5.74) is 2.62. The van der Waals surface area contributed by atoms with Crippen LogP contribution in [0.4, 0.5) is 0 Å². The lowest BCUT2D eigenvalue weighted by molar-refractivity contribution is 0.0945. The van der Waals surface area contributed by atoms with Crippen LogP contribution in [0.5, 0.6) is 0 Å². The molecule has 4 nitrogen and oxygen atoms in total. The highest BCUT2D eigenvalue weighted by Crippen LogP contribution is 2.30. The van der Waals surface area contributed by atoms with Gasteiger partial charge in [-0.15, -0.1) is 11.3 Å². The van der Waals surface area contributed by atoms with E-state index in [1.165, 1.54) is 4.68 Å². The van der Waals surface area contributed by atoms with Gasteiger partial charge >= 0.3 is 0 Å². The highest BCUT2D eigenvalue weighted by Gasteiger charge is 2.10. The Morgan fingerprint density at radius 1 is 1.00 bits per heavy atom. The van der Waals surface area contributed by atoms with Crippen molar-refractivity contribution < 1.29 is 4.79 Å². The van der Waals surface area contributed by atoms with Crippen LogP contribution in [0.2, 0.25) is 0 Å². The molecule has 5 heteroatoms. The molecule has 22 heavy (non-hydrogen) atoms. The molecule has 0 unspecified atom stereocenters. The van der Waals surface area contributed by atoms with Crippen molar-refractivity contribution in [2.24, 2.45) is 0 Å². The van der Waals surface area contributed by atoms with Crippen molar-refractivity contribution in [2.45, 2.75) is 0 Å². The SMILES string of the molecule is O=C(c1ccc(-c2nc3ccccc3s2)cc1)n1cccn1. The van der Waals surface area contributed by atoms with E-state index in [1.54, 1.807) is 29.8 Å². The van der Waals surface area contributed by atoms with Crippen molar-refractivity contribution in [1.29, 1.82) is 0 Å². The molecule has 0 radical (unpaired) electrons. The number of fused-ring (bicyclic) bond motifs is 1. The first kappa shape index (κ1) is 12.9. The van der Waals surface area contributed by atoms with Gasteiger partial charge in [-0.25, -0.2) is 9.67 Å². The summed E-state index contributed by atoms with van der Waals surface area (Å²) in [7, 11) is 0. The van der Waals surface area contributed by atoms with E-state index < -0.39 is 0 Å². The summed E-state index contributed by atoms with van der Waals surface area (Å²) in [5, 5.41) is 4.92. The van der Waals surface area contributed by atoms with Gasteiger partial charge in [0.05, 0.1) is 10.2 Å². The molecule has 0 bridgehead atoms. The number of hydrogen-bond donors (Lipinski definition) is 0. The Morgan fingerprint density at radius 2 is 1.82 bits per heavy atom. The Bertz CT molecular complexity index is 907. The van der Waals surface area contributed by atoms with E-state index in [-0.39, 0.29) is 5.91 Å². The second kappa shape index (κ2) is 5.20. The third-order valence-electron chi connectivity index (χ3n) is 3.39. The van der Waals surface area contributed by atoms with Crippen LogP contribution in [0.15, 0.2) is 67.0 Å². The molecule has 0 aliphatic carbocycles. The van der Waals surface area contributed by atoms with Crippen molar-refractivity contribution in [3.63, 3.8) is 0 Å². The lowest BCUT2D eigenvalue weighted by Gasteiger charge is -2.01. The first-order valence-electron chi connectivity index (χ1n) is 6.81. The summed E-state index contributed by atoms with van der Waals surface area (Å²) in [6.45, 7) is 0. The van der Waals surface area contributed by atoms with Gasteiger partial charge in [-0.3, -0.25) is 4.79 Å². The molecule has 0 fully saturated rings. The Balaban J connectivity index is 1.68. The number of thiazole rings is 1. The fourth-order valence-corrected chi connectivity index (χ4v) is 3.24. The van der Waals surface area contributed by atoms with Crippen LogP contribution in [-0.4, -0.2) is 20.7 Å². The summed E-state index contributed by atoms with van der Waals surface area (Å²) in [4.78, 5) is 16.8. The molecule has 4 aromatic rings. The summed E-state index contributed by atoms with van der Waals surface area (Å²) >= 11 is 1.65. The smallest absolute Gasteiger partial charge is 0.267 e. The van der Waals surface area contributed by atoms with Gasteiger partial charge in [0.25, 0.3) is 5.91 Å². The van der Waals surface area contributed by atoms with Crippen molar-refractivity contribution in [2.75, 3.05) is 0 Å². The number of carbonyl (C=O) groups is 1. The van der Waals surface area contributed by atoms with Gasteiger partial charge in [-0.05, 0) is 30.3 Å². The fraction of sp³-hybridized carbons (Fsp3) is 0. The average molecular weight is 305 g/mol. The summed E-state index contributed by atoms with van der Waals surface area (Å²) in [5.74, 6) is -0.138. The topological polar surface area (TPSA) is 47.8 Å². The van der Waals surface area contributed by atoms with Gasteiger partial charge in [-0.1, -0.05) is 24.3 Å². The first-order chi connectivity index (χ1) is 10.8. The number of hydrogen-bond acceptors (Lipinski definition) is 4. The van der Waals surface area contributed by atoms with Crippen molar-refractivity contribution in [3.8, 4) is 10.6 Å². The predicted molar refractivity (Wildman–Crippen MR) is 87.0 cm³/mol. The van der Waals surface area contributed by atoms with E-state index in [1.807, 2.05) is 42.5 Å². The number of para-hydroxylation sites is 1. The van der Waals surface area contributed by atoms with Gasteiger partial charge in [0.2, 0.25) is 0 Å². The monoisotopic (exact) mass is 305 g/mol. The summed E-state index contributed by atoms with van der Waals surface area (Å²) < 4.78 is 2.49. The van der Waals surface area contributed by atoms with Crippen LogP contribution in [0.25, 0.3) is 20.8 Å². The highest BCUT2D eigenvalue weighted by atomic mass is 32.1. The van der Waals surface area contributed by atoms with E-state index in [0.717, 1.165) is 20.8 Å². The maximum atomic E-state index is 12.2. The molecule has 0 amide bonds. The third-order valence-corrected chi connectivity index (χ3v) is 4.47. The molecule has 2 heterocycles. The minimum absolute atomic E-state index is 0.138. The molecule has 106 valence electrons. The van der Waals surface area contributed by atoms with Gasteiger partial charge in [-0.2, -0.15) is 5.10 Å². The quantitative estimate of drug-likeness (QED) is 0.565. The lowest BCUT2D eigenvalue weighted by Crippen LogP contribution is -2.11. The first-order valence-corrected chi connectivity index (χ1v) is 7.63. The molecule has 0 aliphatic heterocycles. The van der Waals surface area contributed by atoms with Gasteiger partial charge in [0.15, 0.2) is 0 Å². The van der Waals surface area contributed by atoms with E-state index >= 15 is 0 Å². The standard InChI is InChI=1S/C17H11N3OS/c21-17(20-11-3-10-18-20)13-8-6-12(7-9-13)16-19-14-4-1-2-5-15(14)22-16/h1-11H. The van der Waals surface area contributed by atoms with Gasteiger partial charge < -0.3 is 0 Å². The number of benzene rings is 2. The predicted octanol–water partition coefficient (Wildman–Crippen LogP) is 3.85. The van der Waals surface area contributed by atoms with Crippen LogP contribution < -0.4 is 0 Å². The molecule has 2 aromatic carbocycles. The van der Waals surface area contributed by atoms with E-state index in [2.05, 4.69) is 16.1 Å². The molecule has 0 saturated carbocycles. The zero-order valence-electron chi connectivity index (χ0n) is 11.5. The Kier molecular flexibility index (Phi) is 3.05. The second-order valence-corrected chi connectivity index (χ2v) is 5.85. The van der Waals surface area contributed by atoms with Gasteiger partial charge in [0, 0.05) is 23.5 Å². The Morgan fingerprint density at radius 3 is 2.55 bits per heavy atom. The minimum atomic E-state index is -0.138. The lowest BCUT2D eigenvalue weighted by atomic mass is 10.1. The number of carbonyl (C=O) groups excluding carboxylic acids is 1. The maximum Gasteiger partial charge on any atom is 0.278 e. The number of aromatic nitrogens is 3. The summed E-state index contributed by atoms with van der Waals surface area (Å²) in [6, 6.07) is 17.3. The van der Waals surface area contributed by atoms with E-state index in [0.29, 0.717) is 5.56 Å². The second-order valence-electron chi connectivity index (χ2n) is 4.82. The fourth-order valence-electron chi connectivity index (χ4n) is 2.27. The van der Waals surface area contributed by atoms with Crippen molar-refractivity contribution >= 4 is 27.5 Å². The molecule has 0 aliphatic rings. The molecule has 2 aromatic heterocycles. The zero-order valence-corrected chi connectivity index (χ0v) is 12.3. The van der Waals surface area contributed by atoms with Crippen LogP contribution >= 0.6 is 11.3 Å². The van der Waals surface area contributed by atoms with Crippen molar-refractivity contribution in [3.05, 3.63) is 72.6 Å². The largest absolute Gasteiger partial charge is 0.278 e. The maximum absolute atomic E-state index is 12.2. The van der Waals surface area contributed by atoms with Gasteiger partial charge in [0.1, 0.15) is 5.01 Å². The van der Waals surface area contributed by atoms with Crippen molar-refractivity contribution in [1.82, 2.24) is 14.8 Å². The van der Waals surface area contributed by atoms with Crippen LogP contribution in [0.3, 0.4) is 0 Å². The highest BCUT2D eigenvalue weighted by molar-refractivity contribution is 7.21. The zero-order chi connectivity index (χ0) is 14.9. The number of rotatable bonds is 2. The Hall–Kier alpha value is -2.79. The van der Waals surface area contributed by atoms with Crippen LogP contribution in [-0.2, 0) is 0 Å². The molecule has 0 saturated heterocycles. The summed E-state index contributed by atoms with van der Waals surface area (Å²) in [6.07, 6.45) is 3.23. The average Bonchev–Trinajstić information content (AvgIpc) is 3.23. The molecular formula is C17H11N3OS. The molecule has 0 N–H and O–H groups in total. The number of nitrogens with zero attached hydrogens (tertiary/aromatic N) is 3. The normalized spacial score (nSPS) is 10.9. The molecule has 4 rings (SSSR count). The third kappa shape index (κ3) is 2.21. The molecule has 0 atom stereocenters. The van der Waals surface area contributed by atoms with Crippen LogP contribution in [0, 0.1) is 0 Å². The van der Waals surface area contributed by atoms with E-state index in [9.17, 15) is 4.79 Å². The molecule has 0 spiro atoms. The minimum Gasteiger partial charge on any atom is -0.267 e. The molecular weight excluding hydrogens is 294 g/mol. The Labute approximate surface area is 130 Å². The van der Waals surface area contributed by atoms with E-state index in [4.69, 9.17) is 0 Å². The van der Waals surface area contributed by atoms with Crippen LogP contribution in [0.1, 0.15) is 10.4 Å².